The molecule has 92 valence electrons. The number of hydrogen-bond donors (Lipinski definition) is 3. The Bertz CT molecular complexity index is 313. The molecule has 0 aliphatic heterocycles. The molecule has 16 heavy (non-hydrogen) atoms. The molecule has 0 saturated carbocycles. The maximum Gasteiger partial charge on any atom is 0.101 e. The topological polar surface area (TPSA) is 60.7 Å². The van der Waals surface area contributed by atoms with E-state index in [1.54, 1.807) is 13.0 Å². The largest absolute Gasteiger partial charge is 0.390 e. The third-order valence-corrected chi connectivity index (χ3v) is 3.22. The molecule has 0 bridgehead atoms. The van der Waals surface area contributed by atoms with Gasteiger partial charge in [0.1, 0.15) is 6.10 Å². The van der Waals surface area contributed by atoms with Gasteiger partial charge in [-0.05, 0) is 36.8 Å². The van der Waals surface area contributed by atoms with Crippen molar-refractivity contribution < 1.29 is 15.3 Å². The summed E-state index contributed by atoms with van der Waals surface area (Å²) in [5, 5.41) is 28.8. The summed E-state index contributed by atoms with van der Waals surface area (Å²) in [6, 6.07) is 0. The lowest BCUT2D eigenvalue weighted by Crippen LogP contribution is -2.39. The Morgan fingerprint density at radius 3 is 2.44 bits per heavy atom. The maximum absolute atomic E-state index is 9.81. The Morgan fingerprint density at radius 1 is 1.38 bits per heavy atom. The Balaban J connectivity index is 3.09. The van der Waals surface area contributed by atoms with E-state index in [0.717, 1.165) is 11.1 Å². The van der Waals surface area contributed by atoms with Gasteiger partial charge in [-0.25, -0.2) is 0 Å². The fourth-order valence-corrected chi connectivity index (χ4v) is 2.32. The van der Waals surface area contributed by atoms with Crippen LogP contribution in [0, 0.1) is 5.41 Å². The fourth-order valence-electron chi connectivity index (χ4n) is 2.32. The van der Waals surface area contributed by atoms with Gasteiger partial charge in [-0.1, -0.05) is 26.0 Å². The molecule has 0 saturated heterocycles. The predicted octanol–water partition coefficient (Wildman–Crippen LogP) is 1.39. The average Bonchev–Trinajstić information content (AvgIpc) is 2.12. The van der Waals surface area contributed by atoms with Gasteiger partial charge in [-0.2, -0.15) is 0 Å². The fraction of sp³-hybridized carbons (Fsp3) is 0.692. The van der Waals surface area contributed by atoms with Crippen LogP contribution >= 0.6 is 0 Å². The van der Waals surface area contributed by atoms with Crippen LogP contribution in [-0.2, 0) is 0 Å². The van der Waals surface area contributed by atoms with Gasteiger partial charge in [0.15, 0.2) is 0 Å². The zero-order valence-corrected chi connectivity index (χ0v) is 10.4. The maximum atomic E-state index is 9.81. The van der Waals surface area contributed by atoms with Crippen LogP contribution in [0.3, 0.4) is 0 Å². The van der Waals surface area contributed by atoms with Gasteiger partial charge >= 0.3 is 0 Å². The lowest BCUT2D eigenvalue weighted by Gasteiger charge is -2.38. The minimum atomic E-state index is -0.790. The second-order valence-electron chi connectivity index (χ2n) is 5.30. The molecule has 3 N–H and O–H groups in total. The van der Waals surface area contributed by atoms with Crippen LogP contribution in [0.1, 0.15) is 34.1 Å². The Labute approximate surface area is 97.1 Å². The molecule has 3 nitrogen and oxygen atoms in total. The van der Waals surface area contributed by atoms with Crippen molar-refractivity contribution in [2.45, 2.75) is 52.4 Å². The van der Waals surface area contributed by atoms with E-state index in [1.165, 1.54) is 0 Å². The summed E-state index contributed by atoms with van der Waals surface area (Å²) < 4.78 is 0. The summed E-state index contributed by atoms with van der Waals surface area (Å²) in [7, 11) is 0. The monoisotopic (exact) mass is 226 g/mol. The van der Waals surface area contributed by atoms with Crippen LogP contribution < -0.4 is 0 Å². The summed E-state index contributed by atoms with van der Waals surface area (Å²) in [4.78, 5) is 0. The molecule has 0 aromatic heterocycles. The van der Waals surface area contributed by atoms with E-state index in [4.69, 9.17) is 0 Å². The highest BCUT2D eigenvalue weighted by molar-refractivity contribution is 5.36. The van der Waals surface area contributed by atoms with Crippen LogP contribution in [0.25, 0.3) is 0 Å². The standard InChI is InChI=1S/C13H22O3/c1-8(14)5-6-10-9(2)12(16)11(15)7-13(10,3)4/h5-6,8,11-12,14-16H,7H2,1-4H3. The van der Waals surface area contributed by atoms with Gasteiger partial charge in [0, 0.05) is 0 Å². The molecule has 0 fully saturated rings. The first-order valence-electron chi connectivity index (χ1n) is 5.69. The van der Waals surface area contributed by atoms with Crippen LogP contribution in [0.4, 0.5) is 0 Å². The second-order valence-corrected chi connectivity index (χ2v) is 5.30. The highest BCUT2D eigenvalue weighted by atomic mass is 16.3. The van der Waals surface area contributed by atoms with E-state index in [1.807, 2.05) is 26.8 Å². The summed E-state index contributed by atoms with van der Waals surface area (Å²) in [5.41, 5.74) is 1.63. The third-order valence-electron chi connectivity index (χ3n) is 3.22. The molecular formula is C13H22O3. The van der Waals surface area contributed by atoms with Crippen molar-refractivity contribution in [1.82, 2.24) is 0 Å². The number of rotatable bonds is 2. The van der Waals surface area contributed by atoms with Crippen LogP contribution in [0.5, 0.6) is 0 Å². The number of aliphatic hydroxyl groups is 3. The zero-order chi connectivity index (χ0) is 12.5. The summed E-state index contributed by atoms with van der Waals surface area (Å²) in [6.45, 7) is 7.59. The van der Waals surface area contributed by atoms with E-state index in [0.29, 0.717) is 6.42 Å². The minimum absolute atomic E-state index is 0.173. The molecule has 0 aromatic rings. The first-order valence-corrected chi connectivity index (χ1v) is 5.69. The predicted molar refractivity (Wildman–Crippen MR) is 63.9 cm³/mol. The van der Waals surface area contributed by atoms with Gasteiger partial charge in [0.05, 0.1) is 12.2 Å². The highest BCUT2D eigenvalue weighted by Crippen LogP contribution is 2.41. The molecule has 1 rings (SSSR count). The Morgan fingerprint density at radius 2 is 1.94 bits per heavy atom. The van der Waals surface area contributed by atoms with Crippen molar-refractivity contribution in [1.29, 1.82) is 0 Å². The molecular weight excluding hydrogens is 204 g/mol. The van der Waals surface area contributed by atoms with Gasteiger partial charge in [0.2, 0.25) is 0 Å². The molecule has 1 aliphatic rings. The number of allylic oxidation sites excluding steroid dienone is 2. The average molecular weight is 226 g/mol. The van der Waals surface area contributed by atoms with Crippen molar-refractivity contribution in [3.05, 3.63) is 23.3 Å². The normalized spacial score (nSPS) is 32.2. The first-order chi connectivity index (χ1) is 7.25. The molecule has 3 atom stereocenters. The van der Waals surface area contributed by atoms with Crippen LogP contribution in [0.15, 0.2) is 23.3 Å². The van der Waals surface area contributed by atoms with Crippen molar-refractivity contribution in [3.63, 3.8) is 0 Å². The molecule has 0 aromatic carbocycles. The van der Waals surface area contributed by atoms with Gasteiger partial charge in [0.25, 0.3) is 0 Å². The molecule has 1 aliphatic carbocycles. The van der Waals surface area contributed by atoms with Crippen LogP contribution in [-0.4, -0.2) is 33.6 Å². The van der Waals surface area contributed by atoms with E-state index in [-0.39, 0.29) is 5.41 Å². The minimum Gasteiger partial charge on any atom is -0.390 e. The van der Waals surface area contributed by atoms with Crippen molar-refractivity contribution in [2.75, 3.05) is 0 Å². The molecule has 0 spiro atoms. The quantitative estimate of drug-likeness (QED) is 0.667. The van der Waals surface area contributed by atoms with E-state index < -0.39 is 18.3 Å². The van der Waals surface area contributed by atoms with E-state index >= 15 is 0 Å². The molecule has 3 heteroatoms. The highest BCUT2D eigenvalue weighted by Gasteiger charge is 2.36. The molecule has 0 radical (unpaired) electrons. The lowest BCUT2D eigenvalue weighted by atomic mass is 9.70. The number of hydrogen-bond acceptors (Lipinski definition) is 3. The van der Waals surface area contributed by atoms with Crippen molar-refractivity contribution in [3.8, 4) is 0 Å². The van der Waals surface area contributed by atoms with Gasteiger partial charge in [-0.3, -0.25) is 0 Å². The molecule has 0 amide bonds. The summed E-state index contributed by atoms with van der Waals surface area (Å²) in [5.74, 6) is 0. The van der Waals surface area contributed by atoms with E-state index in [9.17, 15) is 15.3 Å². The Kier molecular flexibility index (Phi) is 3.94. The SMILES string of the molecule is CC1=C(C=CC(C)O)C(C)(C)CC(O)C1O. The summed E-state index contributed by atoms with van der Waals surface area (Å²) in [6.07, 6.45) is 2.10. The van der Waals surface area contributed by atoms with Gasteiger partial charge in [-0.15, -0.1) is 0 Å². The van der Waals surface area contributed by atoms with E-state index in [2.05, 4.69) is 0 Å². The summed E-state index contributed by atoms with van der Waals surface area (Å²) >= 11 is 0. The van der Waals surface area contributed by atoms with Gasteiger partial charge < -0.3 is 15.3 Å². The van der Waals surface area contributed by atoms with Crippen molar-refractivity contribution in [2.24, 2.45) is 5.41 Å². The lowest BCUT2D eigenvalue weighted by molar-refractivity contribution is 0.00683. The smallest absolute Gasteiger partial charge is 0.101 e. The third kappa shape index (κ3) is 2.73. The molecule has 3 unspecified atom stereocenters. The first kappa shape index (κ1) is 13.4. The molecule has 0 heterocycles. The second kappa shape index (κ2) is 4.70. The number of aliphatic hydroxyl groups excluding tert-OH is 3. The van der Waals surface area contributed by atoms with Crippen LogP contribution in [0.2, 0.25) is 0 Å². The Hall–Kier alpha value is -0.640. The van der Waals surface area contributed by atoms with Crippen molar-refractivity contribution >= 4 is 0 Å². The zero-order valence-electron chi connectivity index (χ0n) is 10.4.